The average Bonchev–Trinajstić information content (AvgIpc) is 2.82. The van der Waals surface area contributed by atoms with Crippen LogP contribution in [0.2, 0.25) is 0 Å². The van der Waals surface area contributed by atoms with Crippen molar-refractivity contribution in [2.45, 2.75) is 64.3 Å². The van der Waals surface area contributed by atoms with Crippen molar-refractivity contribution >= 4 is 22.7 Å². The van der Waals surface area contributed by atoms with Gasteiger partial charge in [-0.3, -0.25) is 0 Å². The summed E-state index contributed by atoms with van der Waals surface area (Å²) < 4.78 is 0. The molecule has 1 heterocycles. The van der Waals surface area contributed by atoms with Crippen LogP contribution < -0.4 is 15.5 Å². The molecule has 4 rings (SSSR count). The third kappa shape index (κ3) is 6.26. The molecule has 1 aromatic heterocycles. The molecule has 34 heavy (non-hydrogen) atoms. The fourth-order valence-electron chi connectivity index (χ4n) is 4.87. The molecule has 0 aliphatic heterocycles. The van der Waals surface area contributed by atoms with E-state index in [9.17, 15) is 0 Å². The maximum Gasteiger partial charge on any atom is 0.225 e. The monoisotopic (exact) mass is 459 g/mol. The summed E-state index contributed by atoms with van der Waals surface area (Å²) in [6, 6.07) is 17.8. The van der Waals surface area contributed by atoms with Crippen LogP contribution >= 0.6 is 0 Å². The van der Waals surface area contributed by atoms with E-state index in [1.165, 1.54) is 36.8 Å². The van der Waals surface area contributed by atoms with Gasteiger partial charge in [0, 0.05) is 25.5 Å². The van der Waals surface area contributed by atoms with Gasteiger partial charge >= 0.3 is 0 Å². The van der Waals surface area contributed by atoms with Crippen LogP contribution in [0.25, 0.3) is 10.9 Å². The summed E-state index contributed by atoms with van der Waals surface area (Å²) >= 11 is 0. The van der Waals surface area contributed by atoms with Crippen LogP contribution in [0.3, 0.4) is 0 Å². The molecule has 2 aromatic carbocycles. The molecule has 182 valence electrons. The molecule has 0 amide bonds. The van der Waals surface area contributed by atoms with E-state index < -0.39 is 0 Å². The molecule has 3 aromatic rings. The van der Waals surface area contributed by atoms with Gasteiger partial charge in [-0.25, -0.2) is 4.98 Å². The lowest BCUT2D eigenvalue weighted by atomic mass is 9.86. The number of nitrogens with zero attached hydrogens (tertiary/aromatic N) is 3. The first-order valence-electron chi connectivity index (χ1n) is 12.8. The summed E-state index contributed by atoms with van der Waals surface area (Å²) in [5.74, 6) is 2.48. The first kappa shape index (κ1) is 24.5. The van der Waals surface area contributed by atoms with Gasteiger partial charge in [-0.15, -0.1) is 0 Å². The Bertz CT molecular complexity index is 1060. The Hall–Kier alpha value is -2.66. The van der Waals surface area contributed by atoms with E-state index in [0.717, 1.165) is 48.1 Å². The highest BCUT2D eigenvalue weighted by Crippen LogP contribution is 2.28. The number of benzene rings is 2. The molecule has 1 fully saturated rings. The lowest BCUT2D eigenvalue weighted by molar-refractivity contribution is 0.325. The minimum Gasteiger partial charge on any atom is -0.362 e. The highest BCUT2D eigenvalue weighted by atomic mass is 15.2. The van der Waals surface area contributed by atoms with Crippen molar-refractivity contribution in [3.8, 4) is 0 Å². The van der Waals surface area contributed by atoms with Gasteiger partial charge in [0.25, 0.3) is 0 Å². The Kier molecular flexibility index (Phi) is 7.72. The van der Waals surface area contributed by atoms with Crippen LogP contribution in [0, 0.1) is 5.92 Å². The first-order chi connectivity index (χ1) is 16.3. The average molecular weight is 460 g/mol. The van der Waals surface area contributed by atoms with Crippen LogP contribution in [-0.4, -0.2) is 43.2 Å². The minimum atomic E-state index is 0.222. The Balaban J connectivity index is 1.21. The maximum absolute atomic E-state index is 4.81. The van der Waals surface area contributed by atoms with E-state index in [1.54, 1.807) is 0 Å². The quantitative estimate of drug-likeness (QED) is 0.417. The van der Waals surface area contributed by atoms with Crippen molar-refractivity contribution in [1.29, 1.82) is 0 Å². The molecule has 1 saturated carbocycles. The van der Waals surface area contributed by atoms with Gasteiger partial charge in [0.1, 0.15) is 5.82 Å². The zero-order valence-electron chi connectivity index (χ0n) is 21.6. The summed E-state index contributed by atoms with van der Waals surface area (Å²) in [5.41, 5.74) is 4.04. The predicted molar refractivity (Wildman–Crippen MR) is 145 cm³/mol. The van der Waals surface area contributed by atoms with Crippen molar-refractivity contribution in [3.05, 3.63) is 59.7 Å². The first-order valence-corrected chi connectivity index (χ1v) is 12.8. The standard InChI is InChI=1S/C29H41N5/c1-29(2,3)23-14-10-21(11-15-23)18-19-30-20-22-12-16-24(17-13-22)31-28-32-26-9-7-6-8-25(26)27(33-28)34(4)5/h6-11,14-15,22,24,30H,12-13,16-20H2,1-5H3,(H,31,32,33). The molecule has 0 bridgehead atoms. The number of aromatic nitrogens is 2. The second-order valence-electron chi connectivity index (χ2n) is 11.0. The summed E-state index contributed by atoms with van der Waals surface area (Å²) in [6.07, 6.45) is 5.94. The molecular weight excluding hydrogens is 418 g/mol. The summed E-state index contributed by atoms with van der Waals surface area (Å²) in [4.78, 5) is 11.7. The Labute approximate surface area is 205 Å². The van der Waals surface area contributed by atoms with Crippen molar-refractivity contribution in [1.82, 2.24) is 15.3 Å². The predicted octanol–water partition coefficient (Wildman–Crippen LogP) is 5.80. The molecule has 0 unspecified atom stereocenters. The molecule has 0 spiro atoms. The van der Waals surface area contributed by atoms with Gasteiger partial charge in [0.2, 0.25) is 5.95 Å². The largest absolute Gasteiger partial charge is 0.362 e. The van der Waals surface area contributed by atoms with Crippen LogP contribution in [0.15, 0.2) is 48.5 Å². The van der Waals surface area contributed by atoms with Crippen LogP contribution in [0.1, 0.15) is 57.6 Å². The number of anilines is 2. The zero-order valence-corrected chi connectivity index (χ0v) is 21.6. The smallest absolute Gasteiger partial charge is 0.225 e. The van der Waals surface area contributed by atoms with Crippen molar-refractivity contribution in [3.63, 3.8) is 0 Å². The third-order valence-electron chi connectivity index (χ3n) is 7.03. The molecule has 1 aliphatic rings. The lowest BCUT2D eigenvalue weighted by Crippen LogP contribution is -2.32. The zero-order chi connectivity index (χ0) is 24.1. The van der Waals surface area contributed by atoms with Crippen LogP contribution in [0.4, 0.5) is 11.8 Å². The fourth-order valence-corrected chi connectivity index (χ4v) is 4.87. The molecule has 1 aliphatic carbocycles. The lowest BCUT2D eigenvalue weighted by Gasteiger charge is -2.29. The topological polar surface area (TPSA) is 53.1 Å². The van der Waals surface area contributed by atoms with E-state index in [1.807, 2.05) is 26.2 Å². The van der Waals surface area contributed by atoms with E-state index in [2.05, 4.69) is 72.7 Å². The summed E-state index contributed by atoms with van der Waals surface area (Å²) in [7, 11) is 4.08. The van der Waals surface area contributed by atoms with E-state index >= 15 is 0 Å². The molecule has 0 atom stereocenters. The van der Waals surface area contributed by atoms with Gasteiger partial charge in [-0.05, 0) is 79.8 Å². The van der Waals surface area contributed by atoms with Crippen molar-refractivity contribution in [2.24, 2.45) is 5.92 Å². The van der Waals surface area contributed by atoms with Gasteiger partial charge in [0.05, 0.1) is 5.52 Å². The Morgan fingerprint density at radius 3 is 2.29 bits per heavy atom. The molecule has 0 radical (unpaired) electrons. The number of para-hydroxylation sites is 1. The number of hydrogen-bond donors (Lipinski definition) is 2. The van der Waals surface area contributed by atoms with Crippen molar-refractivity contribution in [2.75, 3.05) is 37.4 Å². The molecule has 5 heteroatoms. The highest BCUT2D eigenvalue weighted by Gasteiger charge is 2.22. The minimum absolute atomic E-state index is 0.222. The second kappa shape index (κ2) is 10.7. The summed E-state index contributed by atoms with van der Waals surface area (Å²) in [5, 5.41) is 8.42. The normalized spacial score (nSPS) is 18.7. The van der Waals surface area contributed by atoms with Crippen LogP contribution in [-0.2, 0) is 11.8 Å². The molecule has 0 saturated heterocycles. The SMILES string of the molecule is CN(C)c1nc(NC2CCC(CNCCc3ccc(C(C)(C)C)cc3)CC2)nc2ccccc12. The highest BCUT2D eigenvalue weighted by molar-refractivity contribution is 5.90. The Morgan fingerprint density at radius 2 is 1.62 bits per heavy atom. The maximum atomic E-state index is 4.81. The van der Waals surface area contributed by atoms with Crippen molar-refractivity contribution < 1.29 is 0 Å². The van der Waals surface area contributed by atoms with Gasteiger partial charge in [-0.2, -0.15) is 4.98 Å². The second-order valence-corrected chi connectivity index (χ2v) is 11.0. The van der Waals surface area contributed by atoms with E-state index in [-0.39, 0.29) is 5.41 Å². The summed E-state index contributed by atoms with van der Waals surface area (Å²) in [6.45, 7) is 8.96. The van der Waals surface area contributed by atoms with Gasteiger partial charge < -0.3 is 15.5 Å². The van der Waals surface area contributed by atoms with Gasteiger partial charge in [-0.1, -0.05) is 57.2 Å². The van der Waals surface area contributed by atoms with Gasteiger partial charge in [0.15, 0.2) is 0 Å². The number of nitrogens with one attached hydrogen (secondary N) is 2. The Morgan fingerprint density at radius 1 is 0.912 bits per heavy atom. The molecule has 2 N–H and O–H groups in total. The van der Waals surface area contributed by atoms with Crippen LogP contribution in [0.5, 0.6) is 0 Å². The number of fused-ring (bicyclic) bond motifs is 1. The fraction of sp³-hybridized carbons (Fsp3) is 0.517. The number of hydrogen-bond acceptors (Lipinski definition) is 5. The molecule has 5 nitrogen and oxygen atoms in total. The molecular formula is C29H41N5. The number of rotatable bonds is 8. The van der Waals surface area contributed by atoms with E-state index in [4.69, 9.17) is 9.97 Å². The van der Waals surface area contributed by atoms with E-state index in [0.29, 0.717) is 6.04 Å². The third-order valence-corrected chi connectivity index (χ3v) is 7.03.